The number of nitrogens with one attached hydrogen (secondary N) is 1. The van der Waals surface area contributed by atoms with Crippen LogP contribution in [0.15, 0.2) is 11.1 Å². The zero-order chi connectivity index (χ0) is 9.42. The van der Waals surface area contributed by atoms with E-state index in [1.54, 1.807) is 0 Å². The summed E-state index contributed by atoms with van der Waals surface area (Å²) in [5.41, 5.74) is -0.882. The maximum absolute atomic E-state index is 11.2. The molecule has 0 amide bonds. The van der Waals surface area contributed by atoms with Crippen LogP contribution in [0.3, 0.4) is 0 Å². The normalized spacial score (nSPS) is 9.71. The topological polar surface area (TPSA) is 119 Å². The number of hydrogen-bond acceptors (Lipinski definition) is 6. The second kappa shape index (κ2) is 3.82. The molecule has 9 nitrogen and oxygen atoms in total. The molecule has 0 spiro atoms. The second-order valence-electron chi connectivity index (χ2n) is 2.11. The van der Waals surface area contributed by atoms with E-state index in [9.17, 15) is 14.9 Å². The van der Waals surface area contributed by atoms with Gasteiger partial charge in [0.15, 0.2) is 0 Å². The van der Waals surface area contributed by atoms with E-state index in [1.807, 2.05) is 0 Å². The summed E-state index contributed by atoms with van der Waals surface area (Å²) in [5.74, 6) is -0.836. The van der Waals surface area contributed by atoms with Gasteiger partial charge in [0.2, 0.25) is 0 Å². The molecule has 0 saturated heterocycles. The maximum atomic E-state index is 11.2. The summed E-state index contributed by atoms with van der Waals surface area (Å²) in [4.78, 5) is 24.1. The Kier molecular flexibility index (Phi) is 2.93. The summed E-state index contributed by atoms with van der Waals surface area (Å²) in [5, 5.41) is 19.1. The van der Waals surface area contributed by atoms with Crippen LogP contribution in [-0.2, 0) is 0 Å². The van der Waals surface area contributed by atoms with Crippen LogP contribution in [0.1, 0.15) is 0 Å². The van der Waals surface area contributed by atoms with Gasteiger partial charge in [-0.15, -0.1) is 0 Å². The predicted octanol–water partition coefficient (Wildman–Crippen LogP) is -1.66. The van der Waals surface area contributed by atoms with Crippen molar-refractivity contribution in [1.82, 2.24) is 24.8 Å². The average molecular weight is 205 g/mol. The molecule has 0 aliphatic heterocycles. The van der Waals surface area contributed by atoms with E-state index in [2.05, 4.69) is 20.3 Å². The van der Waals surface area contributed by atoms with Crippen LogP contribution in [0.2, 0.25) is 0 Å². The molecular weight excluding hydrogens is 203 g/mol. The summed E-state index contributed by atoms with van der Waals surface area (Å²) in [7, 11) is 0. The minimum atomic E-state index is -0.900. The molecule has 2 rings (SSSR count). The van der Waals surface area contributed by atoms with Crippen LogP contribution in [0.5, 0.6) is 0 Å². The van der Waals surface area contributed by atoms with Crippen molar-refractivity contribution in [3.63, 3.8) is 0 Å². The van der Waals surface area contributed by atoms with Gasteiger partial charge in [0.05, 0.1) is 5.10 Å². The van der Waals surface area contributed by atoms with E-state index in [1.165, 1.54) is 6.33 Å². The van der Waals surface area contributed by atoms with E-state index < -0.39 is 16.3 Å². The molecule has 0 atom stereocenters. The Labute approximate surface area is 97.6 Å². The van der Waals surface area contributed by atoms with Gasteiger partial charge in [-0.05, 0) is 4.92 Å². The number of hydrogen-bond donors (Lipinski definition) is 1. The van der Waals surface area contributed by atoms with Gasteiger partial charge in [-0.25, -0.2) is 0 Å². The smallest absolute Gasteiger partial charge is 0.358 e. The summed E-state index contributed by atoms with van der Waals surface area (Å²) in [6.45, 7) is 0. The van der Waals surface area contributed by atoms with E-state index in [0.29, 0.717) is 0 Å². The van der Waals surface area contributed by atoms with Gasteiger partial charge in [0, 0.05) is 34.7 Å². The van der Waals surface area contributed by atoms with Crippen molar-refractivity contribution in [2.45, 2.75) is 0 Å². The first kappa shape index (κ1) is 10.8. The first-order chi connectivity index (χ1) is 6.20. The molecule has 1 radical (unpaired) electrons. The number of nitro groups is 1. The van der Waals surface area contributed by atoms with Gasteiger partial charge >= 0.3 is 11.4 Å². The molecule has 0 aromatic carbocycles. The van der Waals surface area contributed by atoms with Crippen molar-refractivity contribution in [1.29, 1.82) is 0 Å². The number of nitrogens with zero attached hydrogens (tertiary/aromatic N) is 5. The van der Waals surface area contributed by atoms with Gasteiger partial charge in [0.1, 0.15) is 6.33 Å². The predicted molar refractivity (Wildman–Crippen MR) is 43.8 cm³/mol. The number of aromatic nitrogens is 5. The molecular formula is C4H2N6NaO3. The van der Waals surface area contributed by atoms with Gasteiger partial charge in [-0.3, -0.25) is 9.89 Å². The average Bonchev–Trinajstić information content (AvgIpc) is 2.52. The Morgan fingerprint density at radius 1 is 1.50 bits per heavy atom. The maximum Gasteiger partial charge on any atom is 0.458 e. The minimum absolute atomic E-state index is 0. The largest absolute Gasteiger partial charge is 0.458 e. The Bertz CT molecular complexity index is 531. The fourth-order valence-electron chi connectivity index (χ4n) is 0.829. The number of fused-ring (bicyclic) bond motifs is 1. The third-order valence-electron chi connectivity index (χ3n) is 1.37. The van der Waals surface area contributed by atoms with Crippen molar-refractivity contribution in [2.24, 2.45) is 0 Å². The molecule has 14 heavy (non-hydrogen) atoms. The Hall–Kier alpha value is -1.32. The number of rotatable bonds is 1. The molecule has 0 aliphatic carbocycles. The molecule has 2 aromatic heterocycles. The summed E-state index contributed by atoms with van der Waals surface area (Å²) in [6, 6.07) is 0. The first-order valence-electron chi connectivity index (χ1n) is 3.13. The van der Waals surface area contributed by atoms with Crippen molar-refractivity contribution in [2.75, 3.05) is 0 Å². The van der Waals surface area contributed by atoms with Crippen LogP contribution < -0.4 is 5.56 Å². The van der Waals surface area contributed by atoms with Crippen LogP contribution in [0.4, 0.5) is 5.82 Å². The Balaban J connectivity index is 0.000000980. The van der Waals surface area contributed by atoms with Crippen molar-refractivity contribution in [3.05, 3.63) is 26.8 Å². The molecule has 2 aromatic rings. The molecule has 0 saturated carbocycles. The van der Waals surface area contributed by atoms with Crippen LogP contribution in [-0.4, -0.2) is 59.3 Å². The van der Waals surface area contributed by atoms with Crippen LogP contribution in [0, 0.1) is 10.1 Å². The molecule has 10 heteroatoms. The second-order valence-corrected chi connectivity index (χ2v) is 2.11. The number of aromatic amines is 1. The van der Waals surface area contributed by atoms with E-state index in [0.717, 1.165) is 4.52 Å². The molecule has 0 unspecified atom stereocenters. The van der Waals surface area contributed by atoms with Gasteiger partial charge in [-0.2, -0.15) is 9.50 Å². The van der Waals surface area contributed by atoms with E-state index in [-0.39, 0.29) is 35.3 Å². The Morgan fingerprint density at radius 2 is 2.21 bits per heavy atom. The van der Waals surface area contributed by atoms with Crippen molar-refractivity contribution >= 4 is 41.2 Å². The van der Waals surface area contributed by atoms with Crippen LogP contribution >= 0.6 is 0 Å². The van der Waals surface area contributed by atoms with E-state index >= 15 is 0 Å². The molecule has 0 bridgehead atoms. The minimum Gasteiger partial charge on any atom is -0.358 e. The van der Waals surface area contributed by atoms with E-state index in [4.69, 9.17) is 0 Å². The number of H-pyrrole nitrogens is 1. The van der Waals surface area contributed by atoms with Crippen molar-refractivity contribution < 1.29 is 4.92 Å². The molecule has 0 aliphatic rings. The fourth-order valence-corrected chi connectivity index (χ4v) is 0.829. The van der Waals surface area contributed by atoms with Gasteiger partial charge < -0.3 is 10.1 Å². The monoisotopic (exact) mass is 205 g/mol. The third kappa shape index (κ3) is 1.52. The summed E-state index contributed by atoms with van der Waals surface area (Å²) < 4.78 is 0.838. The third-order valence-corrected chi connectivity index (χ3v) is 1.37. The van der Waals surface area contributed by atoms with Gasteiger partial charge in [0.25, 0.3) is 5.78 Å². The molecule has 1 N–H and O–H groups in total. The molecule has 67 valence electrons. The molecule has 2 heterocycles. The SMILES string of the molecule is O=c1c([N+](=O)[O-])nnc2nc[nH]n12.[Na]. The fraction of sp³-hybridized carbons (Fsp3) is 0. The summed E-state index contributed by atoms with van der Waals surface area (Å²) >= 11 is 0. The Morgan fingerprint density at radius 3 is 2.86 bits per heavy atom. The van der Waals surface area contributed by atoms with Crippen LogP contribution in [0.25, 0.3) is 5.78 Å². The van der Waals surface area contributed by atoms with Crippen molar-refractivity contribution in [3.8, 4) is 0 Å². The zero-order valence-corrected chi connectivity index (χ0v) is 9.04. The standard InChI is InChI=1S/C4H2N6O3.Na/c11-3-2(10(12)13)7-8-4-5-1-6-9(3)4;/h1H,(H,5,6,8);. The molecule has 0 fully saturated rings. The first-order valence-corrected chi connectivity index (χ1v) is 3.13. The van der Waals surface area contributed by atoms with Gasteiger partial charge in [-0.1, -0.05) is 0 Å². The summed E-state index contributed by atoms with van der Waals surface area (Å²) in [6.07, 6.45) is 1.19. The quantitative estimate of drug-likeness (QED) is 0.338. The zero-order valence-electron chi connectivity index (χ0n) is 7.04.